The fourth-order valence-electron chi connectivity index (χ4n) is 2.34. The second-order valence-corrected chi connectivity index (χ2v) is 8.17. The zero-order chi connectivity index (χ0) is 24.1. The van der Waals surface area contributed by atoms with Crippen LogP contribution in [0.4, 0.5) is 0 Å². The van der Waals surface area contributed by atoms with Crippen LogP contribution in [0.3, 0.4) is 0 Å². The highest BCUT2D eigenvalue weighted by atomic mass is 32.2. The summed E-state index contributed by atoms with van der Waals surface area (Å²) in [5.74, 6) is -4.77. The van der Waals surface area contributed by atoms with Gasteiger partial charge < -0.3 is 37.0 Å². The zero-order valence-electron chi connectivity index (χ0n) is 17.8. The fraction of sp³-hybridized carbons (Fsp3) is 0.722. The van der Waals surface area contributed by atoms with Crippen LogP contribution < -0.4 is 21.7 Å². The third-order valence-corrected chi connectivity index (χ3v) is 4.99. The first-order valence-corrected chi connectivity index (χ1v) is 11.0. The summed E-state index contributed by atoms with van der Waals surface area (Å²) in [5, 5.41) is 34.4. The van der Waals surface area contributed by atoms with E-state index in [2.05, 4.69) is 16.0 Å². The van der Waals surface area contributed by atoms with Crippen molar-refractivity contribution < 1.29 is 39.3 Å². The number of aliphatic carboxylic acids is 2. The van der Waals surface area contributed by atoms with Crippen LogP contribution in [-0.2, 0) is 24.0 Å². The van der Waals surface area contributed by atoms with Gasteiger partial charge in [0.15, 0.2) is 0 Å². The highest BCUT2D eigenvalue weighted by Gasteiger charge is 2.30. The van der Waals surface area contributed by atoms with Crippen molar-refractivity contribution in [2.24, 2.45) is 11.7 Å². The Morgan fingerprint density at radius 2 is 1.39 bits per heavy atom. The lowest BCUT2D eigenvalue weighted by molar-refractivity contribution is -0.143. The van der Waals surface area contributed by atoms with Gasteiger partial charge in [-0.1, -0.05) is 13.8 Å². The van der Waals surface area contributed by atoms with Gasteiger partial charge in [-0.3, -0.25) is 19.2 Å². The molecule has 0 aliphatic heterocycles. The fourth-order valence-corrected chi connectivity index (χ4v) is 2.81. The number of hydrogen-bond acceptors (Lipinski definition) is 8. The van der Waals surface area contributed by atoms with Crippen LogP contribution in [0.2, 0.25) is 0 Å². The Morgan fingerprint density at radius 3 is 1.84 bits per heavy atom. The average Bonchev–Trinajstić information content (AvgIpc) is 2.70. The lowest BCUT2D eigenvalue weighted by Gasteiger charge is -2.24. The molecule has 4 atom stereocenters. The molecule has 0 saturated carbocycles. The van der Waals surface area contributed by atoms with E-state index >= 15 is 0 Å². The molecule has 0 aromatic heterocycles. The van der Waals surface area contributed by atoms with Crippen LogP contribution in [0, 0.1) is 5.92 Å². The highest BCUT2D eigenvalue weighted by Crippen LogP contribution is 2.05. The number of nitrogens with two attached hydrogens (primary N) is 1. The summed E-state index contributed by atoms with van der Waals surface area (Å²) in [5.41, 5.74) is 5.70. The van der Waals surface area contributed by atoms with Gasteiger partial charge in [-0.25, -0.2) is 4.79 Å². The Balaban J connectivity index is 5.31. The lowest BCUT2D eigenvalue weighted by atomic mass is 10.0. The van der Waals surface area contributed by atoms with E-state index in [9.17, 15) is 34.2 Å². The number of aliphatic hydroxyl groups is 1. The Hall–Kier alpha value is -2.38. The monoisotopic (exact) mass is 464 g/mol. The summed E-state index contributed by atoms with van der Waals surface area (Å²) in [6.45, 7) is 2.60. The van der Waals surface area contributed by atoms with Crippen molar-refractivity contribution in [2.75, 3.05) is 18.6 Å². The number of hydrogen-bond donors (Lipinski definition) is 7. The van der Waals surface area contributed by atoms with Crippen LogP contribution in [-0.4, -0.2) is 87.8 Å². The molecule has 31 heavy (non-hydrogen) atoms. The van der Waals surface area contributed by atoms with E-state index in [0.717, 1.165) is 0 Å². The maximum atomic E-state index is 12.5. The van der Waals surface area contributed by atoms with Crippen LogP contribution in [0.1, 0.15) is 33.1 Å². The summed E-state index contributed by atoms with van der Waals surface area (Å²) >= 11 is 1.38. The van der Waals surface area contributed by atoms with Crippen molar-refractivity contribution in [2.45, 2.75) is 57.3 Å². The molecule has 8 N–H and O–H groups in total. The van der Waals surface area contributed by atoms with Crippen molar-refractivity contribution in [1.29, 1.82) is 0 Å². The molecule has 0 heterocycles. The van der Waals surface area contributed by atoms with Gasteiger partial charge in [0.25, 0.3) is 0 Å². The Labute approximate surface area is 184 Å². The first-order chi connectivity index (χ1) is 14.4. The van der Waals surface area contributed by atoms with Crippen LogP contribution in [0.15, 0.2) is 0 Å². The summed E-state index contributed by atoms with van der Waals surface area (Å²) in [4.78, 5) is 59.3. The molecule has 12 nitrogen and oxygen atoms in total. The number of carbonyl (C=O) groups is 5. The summed E-state index contributed by atoms with van der Waals surface area (Å²) < 4.78 is 0. The minimum atomic E-state index is -1.43. The number of amides is 3. The van der Waals surface area contributed by atoms with Crippen molar-refractivity contribution in [3.8, 4) is 0 Å². The molecular formula is C18H32N4O8S. The quantitative estimate of drug-likeness (QED) is 0.143. The van der Waals surface area contributed by atoms with Gasteiger partial charge in [0.05, 0.1) is 12.6 Å². The van der Waals surface area contributed by atoms with Crippen LogP contribution in [0.5, 0.6) is 0 Å². The second-order valence-electron chi connectivity index (χ2n) is 7.19. The molecule has 0 spiro atoms. The average molecular weight is 465 g/mol. The molecule has 0 fully saturated rings. The van der Waals surface area contributed by atoms with Gasteiger partial charge in [0.2, 0.25) is 17.7 Å². The lowest BCUT2D eigenvalue weighted by Crippen LogP contribution is -2.58. The summed E-state index contributed by atoms with van der Waals surface area (Å²) in [6.07, 6.45) is 1.10. The predicted molar refractivity (Wildman–Crippen MR) is 113 cm³/mol. The molecule has 178 valence electrons. The molecule has 0 aromatic carbocycles. The summed E-state index contributed by atoms with van der Waals surface area (Å²) in [7, 11) is 0. The molecule has 0 aliphatic rings. The Bertz CT molecular complexity index is 646. The van der Waals surface area contributed by atoms with Crippen LogP contribution in [0.25, 0.3) is 0 Å². The predicted octanol–water partition coefficient (Wildman–Crippen LogP) is -1.88. The number of nitrogens with one attached hydrogen (secondary N) is 3. The van der Waals surface area contributed by atoms with E-state index in [4.69, 9.17) is 10.8 Å². The SMILES string of the molecule is CSCCC(NC(=O)C(CCC(=O)O)NC(=O)C(CO)NC(=O)C(N)C(C)C)C(=O)O. The topological polar surface area (TPSA) is 208 Å². The third kappa shape index (κ3) is 11.0. The van der Waals surface area contributed by atoms with E-state index < -0.39 is 66.9 Å². The number of rotatable bonds is 15. The van der Waals surface area contributed by atoms with Gasteiger partial charge in [0, 0.05) is 6.42 Å². The Kier molecular flexibility index (Phi) is 13.5. The van der Waals surface area contributed by atoms with Gasteiger partial charge >= 0.3 is 11.9 Å². The molecule has 0 saturated heterocycles. The molecule has 0 rings (SSSR count). The van der Waals surface area contributed by atoms with Gasteiger partial charge in [-0.15, -0.1) is 0 Å². The van der Waals surface area contributed by atoms with Gasteiger partial charge in [-0.2, -0.15) is 11.8 Å². The maximum absolute atomic E-state index is 12.5. The second kappa shape index (κ2) is 14.6. The zero-order valence-corrected chi connectivity index (χ0v) is 18.6. The van der Waals surface area contributed by atoms with E-state index in [0.29, 0.717) is 5.75 Å². The highest BCUT2D eigenvalue weighted by molar-refractivity contribution is 7.98. The molecule has 0 radical (unpaired) electrons. The third-order valence-electron chi connectivity index (χ3n) is 4.34. The van der Waals surface area contributed by atoms with Crippen molar-refractivity contribution in [3.63, 3.8) is 0 Å². The van der Waals surface area contributed by atoms with Gasteiger partial charge in [0.1, 0.15) is 18.1 Å². The Morgan fingerprint density at radius 1 is 0.871 bits per heavy atom. The molecule has 0 bridgehead atoms. The van der Waals surface area contributed by atoms with Crippen molar-refractivity contribution in [1.82, 2.24) is 16.0 Å². The molecular weight excluding hydrogens is 432 g/mol. The number of thioether (sulfide) groups is 1. The minimum Gasteiger partial charge on any atom is -0.481 e. The largest absolute Gasteiger partial charge is 0.481 e. The molecule has 4 unspecified atom stereocenters. The van der Waals surface area contributed by atoms with Crippen molar-refractivity contribution >= 4 is 41.4 Å². The first-order valence-electron chi connectivity index (χ1n) is 9.65. The minimum absolute atomic E-state index is 0.129. The first kappa shape index (κ1) is 28.6. The summed E-state index contributed by atoms with van der Waals surface area (Å²) in [6, 6.07) is -4.96. The van der Waals surface area contributed by atoms with E-state index in [1.807, 2.05) is 0 Å². The van der Waals surface area contributed by atoms with E-state index in [-0.39, 0.29) is 18.8 Å². The standard InChI is InChI=1S/C18H32N4O8S/c1-9(2)14(19)17(28)22-12(8-23)16(27)20-10(4-5-13(24)25)15(26)21-11(18(29)30)6-7-31-3/h9-12,14,23H,4-8,19H2,1-3H3,(H,20,27)(H,21,26)(H,22,28)(H,24,25)(H,29,30). The molecule has 0 aliphatic carbocycles. The van der Waals surface area contributed by atoms with E-state index in [1.54, 1.807) is 20.1 Å². The smallest absolute Gasteiger partial charge is 0.326 e. The van der Waals surface area contributed by atoms with Crippen molar-refractivity contribution in [3.05, 3.63) is 0 Å². The van der Waals surface area contributed by atoms with Crippen LogP contribution >= 0.6 is 11.8 Å². The number of carbonyl (C=O) groups excluding carboxylic acids is 3. The molecule has 3 amide bonds. The number of carboxylic acids is 2. The van der Waals surface area contributed by atoms with Gasteiger partial charge in [-0.05, 0) is 30.8 Å². The maximum Gasteiger partial charge on any atom is 0.326 e. The number of carboxylic acid groups (broad SMARTS) is 2. The van der Waals surface area contributed by atoms with E-state index in [1.165, 1.54) is 11.8 Å². The number of aliphatic hydroxyl groups excluding tert-OH is 1. The normalized spacial score (nSPS) is 14.8. The molecule has 0 aromatic rings. The molecule has 13 heteroatoms.